The van der Waals surface area contributed by atoms with Crippen molar-refractivity contribution in [3.05, 3.63) is 96.4 Å². The van der Waals surface area contributed by atoms with Gasteiger partial charge in [-0.1, -0.05) is 72.8 Å². The maximum absolute atomic E-state index is 12.8. The Labute approximate surface area is 216 Å². The van der Waals surface area contributed by atoms with E-state index < -0.39 is 48.5 Å². The van der Waals surface area contributed by atoms with Gasteiger partial charge in [-0.05, 0) is 22.9 Å². The monoisotopic (exact) mass is 514 g/mol. The van der Waals surface area contributed by atoms with Gasteiger partial charge in [-0.2, -0.15) is 0 Å². The van der Waals surface area contributed by atoms with Crippen molar-refractivity contribution in [3.8, 4) is 0 Å². The second kappa shape index (κ2) is 10.4. The van der Waals surface area contributed by atoms with Crippen molar-refractivity contribution >= 4 is 51.1 Å². The first kappa shape index (κ1) is 24.4. The number of cyclic esters (lactones) is 1. The van der Waals surface area contributed by atoms with Gasteiger partial charge in [-0.25, -0.2) is 14.4 Å². The number of anilines is 2. The summed E-state index contributed by atoms with van der Waals surface area (Å²) in [5.74, 6) is -3.05. The summed E-state index contributed by atoms with van der Waals surface area (Å²) in [5.41, 5.74) is 0.944. The lowest BCUT2D eigenvalue weighted by Crippen LogP contribution is -2.39. The predicted octanol–water partition coefficient (Wildman–Crippen LogP) is 5.41. The maximum Gasteiger partial charge on any atom is 0.412 e. The quantitative estimate of drug-likeness (QED) is 0.197. The number of rotatable bonds is 6. The molecule has 0 radical (unpaired) electrons. The van der Waals surface area contributed by atoms with E-state index in [1.165, 1.54) is 0 Å². The first-order valence-corrected chi connectivity index (χ1v) is 11.6. The molecule has 4 aromatic carbocycles. The second-order valence-electron chi connectivity index (χ2n) is 8.41. The number of hydrogen-bond acceptors (Lipinski definition) is 8. The van der Waals surface area contributed by atoms with Crippen LogP contribution in [0.2, 0.25) is 0 Å². The van der Waals surface area contributed by atoms with Crippen molar-refractivity contribution in [1.82, 2.24) is 0 Å². The van der Waals surface area contributed by atoms with Crippen LogP contribution in [0.5, 0.6) is 0 Å². The smallest absolute Gasteiger partial charge is 0.412 e. The highest BCUT2D eigenvalue weighted by Crippen LogP contribution is 2.27. The molecule has 1 aliphatic rings. The molecule has 4 aromatic rings. The van der Waals surface area contributed by atoms with Gasteiger partial charge in [0.1, 0.15) is 6.61 Å². The van der Waals surface area contributed by atoms with Gasteiger partial charge in [-0.15, -0.1) is 0 Å². The molecule has 0 aromatic heterocycles. The molecule has 2 unspecified atom stereocenters. The van der Waals surface area contributed by atoms with Gasteiger partial charge in [0.15, 0.2) is 11.9 Å². The third-order valence-electron chi connectivity index (χ3n) is 5.97. The van der Waals surface area contributed by atoms with E-state index in [2.05, 4.69) is 10.6 Å². The fraction of sp³-hybridized carbons (Fsp3) is 0.107. The number of carbonyl (C=O) groups excluding carboxylic acids is 3. The molecule has 0 spiro atoms. The van der Waals surface area contributed by atoms with Crippen molar-refractivity contribution in [3.63, 3.8) is 0 Å². The number of carbonyl (C=O) groups is 3. The summed E-state index contributed by atoms with van der Waals surface area (Å²) in [6.45, 7) is -0.602. The number of nitrogens with one attached hydrogen (secondary N) is 2. The van der Waals surface area contributed by atoms with E-state index in [9.17, 15) is 24.6 Å². The zero-order chi connectivity index (χ0) is 26.6. The van der Waals surface area contributed by atoms with Crippen LogP contribution < -0.4 is 10.6 Å². The van der Waals surface area contributed by atoms with E-state index >= 15 is 0 Å². The highest BCUT2D eigenvalue weighted by atomic mass is 16.6. The Morgan fingerprint density at radius 2 is 1.32 bits per heavy atom. The van der Waals surface area contributed by atoms with E-state index in [0.29, 0.717) is 11.4 Å². The molecule has 0 bridgehead atoms. The first-order valence-electron chi connectivity index (χ1n) is 11.6. The highest BCUT2D eigenvalue weighted by Gasteiger charge is 2.42. The molecule has 10 heteroatoms. The van der Waals surface area contributed by atoms with Gasteiger partial charge in [-0.3, -0.25) is 10.6 Å². The minimum absolute atomic E-state index is 0.451. The Morgan fingerprint density at radius 3 is 1.87 bits per heavy atom. The molecule has 0 aliphatic carbocycles. The molecule has 0 saturated heterocycles. The Kier molecular flexibility index (Phi) is 6.68. The van der Waals surface area contributed by atoms with Gasteiger partial charge in [0.2, 0.25) is 11.9 Å². The fourth-order valence-electron chi connectivity index (χ4n) is 4.15. The molecule has 4 N–H and O–H groups in total. The average molecular weight is 514 g/mol. The number of fused-ring (bicyclic) bond motifs is 2. The van der Waals surface area contributed by atoms with Crippen LogP contribution in [0.1, 0.15) is 0 Å². The molecule has 1 aliphatic heterocycles. The largest absolute Gasteiger partial charge is 0.505 e. The fourth-order valence-corrected chi connectivity index (χ4v) is 4.15. The summed E-state index contributed by atoms with van der Waals surface area (Å²) < 4.78 is 15.6. The van der Waals surface area contributed by atoms with Crippen LogP contribution in [0, 0.1) is 0 Å². The Morgan fingerprint density at radius 1 is 0.789 bits per heavy atom. The number of hydrogen-bond donors (Lipinski definition) is 4. The molecule has 2 atom stereocenters. The van der Waals surface area contributed by atoms with E-state index in [1.54, 1.807) is 24.3 Å². The molecular formula is C28H22N2O8. The number of benzene rings is 4. The summed E-state index contributed by atoms with van der Waals surface area (Å²) in [6, 6.07) is 25.4. The molecule has 2 amide bonds. The van der Waals surface area contributed by atoms with E-state index in [1.807, 2.05) is 60.7 Å². The van der Waals surface area contributed by atoms with Gasteiger partial charge in [0.05, 0.1) is 11.4 Å². The molecule has 1 heterocycles. The third-order valence-corrected chi connectivity index (χ3v) is 5.97. The topological polar surface area (TPSA) is 143 Å². The van der Waals surface area contributed by atoms with Crippen molar-refractivity contribution in [2.75, 3.05) is 17.2 Å². The SMILES string of the molecule is O=C(Nc1cccc2ccccc12)OCC(OC(=O)Nc1cccc2ccccc12)C1OC(=O)C(O)=C1O. The lowest BCUT2D eigenvalue weighted by atomic mass is 10.1. The van der Waals surface area contributed by atoms with Crippen LogP contribution in [-0.4, -0.2) is 47.2 Å². The van der Waals surface area contributed by atoms with Crippen LogP contribution in [-0.2, 0) is 19.0 Å². The van der Waals surface area contributed by atoms with Gasteiger partial charge in [0.25, 0.3) is 0 Å². The van der Waals surface area contributed by atoms with Crippen LogP contribution >= 0.6 is 0 Å². The number of amides is 2. The van der Waals surface area contributed by atoms with Gasteiger partial charge < -0.3 is 24.4 Å². The van der Waals surface area contributed by atoms with Crippen LogP contribution in [0.3, 0.4) is 0 Å². The van der Waals surface area contributed by atoms with Gasteiger partial charge >= 0.3 is 18.2 Å². The second-order valence-corrected chi connectivity index (χ2v) is 8.41. The predicted molar refractivity (Wildman–Crippen MR) is 139 cm³/mol. The summed E-state index contributed by atoms with van der Waals surface area (Å²) in [5, 5.41) is 28.4. The normalized spacial score (nSPS) is 15.7. The molecule has 10 nitrogen and oxygen atoms in total. The van der Waals surface area contributed by atoms with Crippen LogP contribution in [0.4, 0.5) is 21.0 Å². The lowest BCUT2D eigenvalue weighted by Gasteiger charge is -2.23. The standard InChI is InChI=1S/C28H22N2O8/c31-23-24(32)26(33)38-25(23)22(37-28(35)30-21-14-6-10-17-8-2-4-12-19(17)21)15-36-27(34)29-20-13-5-9-16-7-1-3-11-18(16)20/h1-14,22,25,31-32H,15H2,(H,29,34)(H,30,35). The molecular weight excluding hydrogens is 492 g/mol. The third kappa shape index (κ3) is 5.00. The molecule has 0 fully saturated rings. The summed E-state index contributed by atoms with van der Waals surface area (Å²) >= 11 is 0. The zero-order valence-electron chi connectivity index (χ0n) is 19.8. The number of esters is 1. The average Bonchev–Trinajstić information content (AvgIpc) is 3.18. The minimum Gasteiger partial charge on any atom is -0.505 e. The van der Waals surface area contributed by atoms with E-state index in [4.69, 9.17) is 14.2 Å². The van der Waals surface area contributed by atoms with Crippen molar-refractivity contribution in [2.24, 2.45) is 0 Å². The van der Waals surface area contributed by atoms with Crippen molar-refractivity contribution < 1.29 is 38.8 Å². The summed E-state index contributed by atoms with van der Waals surface area (Å²) in [6.07, 6.45) is -4.89. The van der Waals surface area contributed by atoms with Crippen LogP contribution in [0.25, 0.3) is 21.5 Å². The Hall–Kier alpha value is -5.25. The van der Waals surface area contributed by atoms with Gasteiger partial charge in [0, 0.05) is 10.8 Å². The summed E-state index contributed by atoms with van der Waals surface area (Å²) in [7, 11) is 0. The van der Waals surface area contributed by atoms with Crippen molar-refractivity contribution in [2.45, 2.75) is 12.2 Å². The summed E-state index contributed by atoms with van der Waals surface area (Å²) in [4.78, 5) is 37.1. The van der Waals surface area contributed by atoms with Crippen LogP contribution in [0.15, 0.2) is 96.4 Å². The Bertz CT molecular complexity index is 1570. The minimum atomic E-state index is -1.58. The zero-order valence-corrected chi connectivity index (χ0v) is 19.8. The molecule has 38 heavy (non-hydrogen) atoms. The molecule has 0 saturated carbocycles. The maximum atomic E-state index is 12.8. The molecule has 192 valence electrons. The number of ether oxygens (including phenoxy) is 3. The van der Waals surface area contributed by atoms with Crippen molar-refractivity contribution in [1.29, 1.82) is 0 Å². The Balaban J connectivity index is 1.31. The first-order chi connectivity index (χ1) is 18.4. The highest BCUT2D eigenvalue weighted by molar-refractivity contribution is 6.01. The van der Waals surface area contributed by atoms with E-state index in [0.717, 1.165) is 21.5 Å². The number of aliphatic hydroxyl groups excluding tert-OH is 2. The van der Waals surface area contributed by atoms with E-state index in [-0.39, 0.29) is 0 Å². The number of aliphatic hydroxyl groups is 2. The molecule has 5 rings (SSSR count). The lowest BCUT2D eigenvalue weighted by molar-refractivity contribution is -0.147.